The second kappa shape index (κ2) is 9.62. The monoisotopic (exact) mass is 476 g/mol. The van der Waals surface area contributed by atoms with Crippen molar-refractivity contribution in [1.82, 2.24) is 0 Å². The van der Waals surface area contributed by atoms with Crippen LogP contribution in [0.1, 0.15) is 69.5 Å². The predicted octanol–water partition coefficient (Wildman–Crippen LogP) is 9.94. The standard InChI is InChI=1S/C35H40O/c1-21-11-14-29(17-24(21)4)35(9,10)30-18-26(6)27(7)32(20-30)34-28(8)23(3)13-16-33(34)36-31-15-12-22(2)25(5)19-31/h11-20H,1-10H3. The van der Waals surface area contributed by atoms with E-state index in [2.05, 4.69) is 130 Å². The van der Waals surface area contributed by atoms with E-state index in [9.17, 15) is 0 Å². The average molecular weight is 477 g/mol. The van der Waals surface area contributed by atoms with Gasteiger partial charge in [0.25, 0.3) is 0 Å². The van der Waals surface area contributed by atoms with Crippen molar-refractivity contribution in [2.24, 2.45) is 0 Å². The summed E-state index contributed by atoms with van der Waals surface area (Å²) in [6, 6.07) is 22.3. The first-order valence-corrected chi connectivity index (χ1v) is 12.9. The maximum atomic E-state index is 6.57. The first-order chi connectivity index (χ1) is 16.9. The van der Waals surface area contributed by atoms with E-state index in [1.165, 1.54) is 66.8 Å². The number of rotatable bonds is 5. The molecule has 0 aliphatic rings. The number of aryl methyl sites for hydroxylation is 6. The third-order valence-corrected chi connectivity index (χ3v) is 8.29. The molecule has 0 unspecified atom stereocenters. The summed E-state index contributed by atoms with van der Waals surface area (Å²) in [7, 11) is 0. The van der Waals surface area contributed by atoms with E-state index < -0.39 is 0 Å². The Morgan fingerprint density at radius 1 is 0.500 bits per heavy atom. The lowest BCUT2D eigenvalue weighted by atomic mass is 9.75. The first-order valence-electron chi connectivity index (χ1n) is 12.9. The fourth-order valence-electron chi connectivity index (χ4n) is 4.89. The van der Waals surface area contributed by atoms with Crippen molar-refractivity contribution in [3.63, 3.8) is 0 Å². The lowest BCUT2D eigenvalue weighted by molar-refractivity contribution is 0.483. The highest BCUT2D eigenvalue weighted by Gasteiger charge is 2.26. The molecule has 0 saturated carbocycles. The van der Waals surface area contributed by atoms with Gasteiger partial charge in [-0.2, -0.15) is 0 Å². The summed E-state index contributed by atoms with van der Waals surface area (Å²) in [5, 5.41) is 0. The van der Waals surface area contributed by atoms with Crippen LogP contribution in [0.4, 0.5) is 0 Å². The summed E-state index contributed by atoms with van der Waals surface area (Å²) >= 11 is 0. The molecule has 4 rings (SSSR count). The Morgan fingerprint density at radius 2 is 1.08 bits per heavy atom. The van der Waals surface area contributed by atoms with E-state index in [4.69, 9.17) is 4.74 Å². The van der Waals surface area contributed by atoms with E-state index in [-0.39, 0.29) is 5.41 Å². The molecule has 0 N–H and O–H groups in total. The Kier molecular flexibility index (Phi) is 6.88. The van der Waals surface area contributed by atoms with Crippen molar-refractivity contribution in [3.8, 4) is 22.6 Å². The van der Waals surface area contributed by atoms with Crippen molar-refractivity contribution in [1.29, 1.82) is 0 Å². The second-order valence-corrected chi connectivity index (χ2v) is 11.1. The normalized spacial score (nSPS) is 11.6. The molecular weight excluding hydrogens is 436 g/mol. The molecule has 0 bridgehead atoms. The fourth-order valence-corrected chi connectivity index (χ4v) is 4.89. The molecule has 1 nitrogen and oxygen atoms in total. The summed E-state index contributed by atoms with van der Waals surface area (Å²) in [6.07, 6.45) is 0. The quantitative estimate of drug-likeness (QED) is 0.278. The summed E-state index contributed by atoms with van der Waals surface area (Å²) < 4.78 is 6.57. The van der Waals surface area contributed by atoms with E-state index in [1.54, 1.807) is 0 Å². The maximum Gasteiger partial charge on any atom is 0.135 e. The van der Waals surface area contributed by atoms with E-state index in [1.807, 2.05) is 0 Å². The van der Waals surface area contributed by atoms with Crippen LogP contribution in [-0.4, -0.2) is 0 Å². The first kappa shape index (κ1) is 25.8. The van der Waals surface area contributed by atoms with E-state index in [0.29, 0.717) is 0 Å². The molecule has 0 radical (unpaired) electrons. The zero-order chi connectivity index (χ0) is 26.4. The molecule has 0 aromatic heterocycles. The van der Waals surface area contributed by atoms with Crippen LogP contribution in [-0.2, 0) is 5.41 Å². The van der Waals surface area contributed by atoms with Crippen LogP contribution < -0.4 is 4.74 Å². The van der Waals surface area contributed by atoms with Gasteiger partial charge < -0.3 is 4.74 Å². The summed E-state index contributed by atoms with van der Waals surface area (Å²) in [5.41, 5.74) is 15.3. The van der Waals surface area contributed by atoms with Gasteiger partial charge in [-0.3, -0.25) is 0 Å². The van der Waals surface area contributed by atoms with E-state index in [0.717, 1.165) is 11.5 Å². The molecule has 0 spiro atoms. The molecule has 0 amide bonds. The number of benzene rings is 4. The maximum absolute atomic E-state index is 6.57. The lowest BCUT2D eigenvalue weighted by Crippen LogP contribution is -2.20. The van der Waals surface area contributed by atoms with Gasteiger partial charge in [-0.15, -0.1) is 0 Å². The number of hydrogen-bond donors (Lipinski definition) is 0. The Bertz CT molecular complexity index is 1450. The SMILES string of the molecule is Cc1ccc(Oc2ccc(C)c(C)c2-c2cc(C(C)(C)c3ccc(C)c(C)c3)cc(C)c2C)cc1C. The van der Waals surface area contributed by atoms with Crippen LogP contribution >= 0.6 is 0 Å². The van der Waals surface area contributed by atoms with Crippen LogP contribution in [0.5, 0.6) is 11.5 Å². The van der Waals surface area contributed by atoms with Crippen molar-refractivity contribution < 1.29 is 4.74 Å². The molecule has 0 saturated heterocycles. The highest BCUT2D eigenvalue weighted by atomic mass is 16.5. The van der Waals surface area contributed by atoms with Gasteiger partial charge in [-0.1, -0.05) is 50.2 Å². The molecule has 0 heterocycles. The number of ether oxygens (including phenoxy) is 1. The van der Waals surface area contributed by atoms with Crippen LogP contribution in [0, 0.1) is 55.4 Å². The van der Waals surface area contributed by atoms with Crippen LogP contribution in [0.15, 0.2) is 60.7 Å². The smallest absolute Gasteiger partial charge is 0.135 e. The van der Waals surface area contributed by atoms with Crippen molar-refractivity contribution in [2.75, 3.05) is 0 Å². The average Bonchev–Trinajstić information content (AvgIpc) is 2.82. The van der Waals surface area contributed by atoms with Gasteiger partial charge >= 0.3 is 0 Å². The molecule has 36 heavy (non-hydrogen) atoms. The minimum Gasteiger partial charge on any atom is -0.457 e. The van der Waals surface area contributed by atoms with Gasteiger partial charge in [0.15, 0.2) is 0 Å². The highest BCUT2D eigenvalue weighted by molar-refractivity contribution is 5.79. The fraction of sp³-hybridized carbons (Fsp3) is 0.314. The molecule has 0 aliphatic heterocycles. The van der Waals surface area contributed by atoms with Crippen molar-refractivity contribution >= 4 is 0 Å². The molecule has 4 aromatic rings. The molecular formula is C35H40O. The lowest BCUT2D eigenvalue weighted by Gasteiger charge is -2.29. The third-order valence-electron chi connectivity index (χ3n) is 8.29. The largest absolute Gasteiger partial charge is 0.457 e. The summed E-state index contributed by atoms with van der Waals surface area (Å²) in [5.74, 6) is 1.79. The van der Waals surface area contributed by atoms with Crippen molar-refractivity contribution in [3.05, 3.63) is 116 Å². The van der Waals surface area contributed by atoms with Gasteiger partial charge in [0.05, 0.1) is 0 Å². The van der Waals surface area contributed by atoms with Crippen LogP contribution in [0.3, 0.4) is 0 Å². The molecule has 0 fully saturated rings. The minimum absolute atomic E-state index is 0.126. The second-order valence-electron chi connectivity index (χ2n) is 11.1. The highest BCUT2D eigenvalue weighted by Crippen LogP contribution is 2.43. The summed E-state index contributed by atoms with van der Waals surface area (Å²) in [6.45, 7) is 22.2. The zero-order valence-electron chi connectivity index (χ0n) is 23.7. The molecule has 1 heteroatoms. The molecule has 0 aliphatic carbocycles. The summed E-state index contributed by atoms with van der Waals surface area (Å²) in [4.78, 5) is 0. The Balaban J connectivity index is 1.90. The van der Waals surface area contributed by atoms with Gasteiger partial charge in [0.2, 0.25) is 0 Å². The molecule has 4 aromatic carbocycles. The minimum atomic E-state index is -0.126. The zero-order valence-corrected chi connectivity index (χ0v) is 23.7. The van der Waals surface area contributed by atoms with Crippen molar-refractivity contribution in [2.45, 2.75) is 74.7 Å². The Hall–Kier alpha value is -3.32. The van der Waals surface area contributed by atoms with Gasteiger partial charge in [-0.05, 0) is 141 Å². The Labute approximate surface area is 218 Å². The molecule has 0 atom stereocenters. The van der Waals surface area contributed by atoms with Gasteiger partial charge in [0.1, 0.15) is 11.5 Å². The Morgan fingerprint density at radius 3 is 1.72 bits per heavy atom. The van der Waals surface area contributed by atoms with Gasteiger partial charge in [0, 0.05) is 11.0 Å². The topological polar surface area (TPSA) is 9.23 Å². The van der Waals surface area contributed by atoms with Gasteiger partial charge in [-0.25, -0.2) is 0 Å². The predicted molar refractivity (Wildman–Crippen MR) is 155 cm³/mol. The van der Waals surface area contributed by atoms with Crippen LogP contribution in [0.25, 0.3) is 11.1 Å². The van der Waals surface area contributed by atoms with E-state index >= 15 is 0 Å². The van der Waals surface area contributed by atoms with Crippen LogP contribution in [0.2, 0.25) is 0 Å². The molecule has 186 valence electrons. The third kappa shape index (κ3) is 4.72. The number of hydrogen-bond acceptors (Lipinski definition) is 1.